The van der Waals surface area contributed by atoms with Crippen molar-refractivity contribution in [2.24, 2.45) is 11.8 Å². The number of nitrogens with one attached hydrogen (secondary N) is 1. The average Bonchev–Trinajstić information content (AvgIpc) is 3.05. The van der Waals surface area contributed by atoms with Gasteiger partial charge in [0.1, 0.15) is 5.76 Å². The van der Waals surface area contributed by atoms with E-state index in [1.807, 2.05) is 4.90 Å². The maximum Gasteiger partial charge on any atom is 0.223 e. The van der Waals surface area contributed by atoms with E-state index in [4.69, 9.17) is 16.1 Å². The molecule has 1 atom stereocenters. The number of aliphatic hydroxyl groups is 1. The van der Waals surface area contributed by atoms with Gasteiger partial charge in [0.25, 0.3) is 0 Å². The lowest BCUT2D eigenvalue weighted by atomic mass is 9.80. The van der Waals surface area contributed by atoms with Crippen molar-refractivity contribution in [1.29, 1.82) is 0 Å². The van der Waals surface area contributed by atoms with E-state index in [1.54, 1.807) is 6.07 Å². The molecule has 0 bridgehead atoms. The Kier molecular flexibility index (Phi) is 6.14. The lowest BCUT2D eigenvalue weighted by Gasteiger charge is -2.38. The highest BCUT2D eigenvalue weighted by molar-refractivity contribution is 6.29. The molecule has 0 aromatic carbocycles. The van der Waals surface area contributed by atoms with Crippen molar-refractivity contribution < 1.29 is 14.4 Å². The van der Waals surface area contributed by atoms with Gasteiger partial charge in [-0.25, -0.2) is 0 Å². The lowest BCUT2D eigenvalue weighted by Crippen LogP contribution is -2.44. The van der Waals surface area contributed by atoms with Crippen molar-refractivity contribution in [3.8, 4) is 0 Å². The number of rotatable bonds is 5. The molecule has 24 heavy (non-hydrogen) atoms. The van der Waals surface area contributed by atoms with Crippen molar-refractivity contribution in [3.63, 3.8) is 0 Å². The van der Waals surface area contributed by atoms with Crippen LogP contribution in [0.1, 0.15) is 37.9 Å². The van der Waals surface area contributed by atoms with E-state index in [0.717, 1.165) is 51.9 Å². The molecule has 0 spiro atoms. The van der Waals surface area contributed by atoms with Gasteiger partial charge in [-0.1, -0.05) is 16.8 Å². The van der Waals surface area contributed by atoms with E-state index in [1.165, 1.54) is 0 Å². The number of carbonyl (C=O) groups is 1. The number of aryl methyl sites for hydroxylation is 1. The monoisotopic (exact) mass is 355 g/mol. The van der Waals surface area contributed by atoms with Crippen molar-refractivity contribution in [3.05, 3.63) is 17.0 Å². The first kappa shape index (κ1) is 17.7. The first-order valence-corrected chi connectivity index (χ1v) is 9.29. The number of piperidine rings is 2. The van der Waals surface area contributed by atoms with E-state index < -0.39 is 0 Å². The number of hydrogen-bond donors (Lipinski definition) is 2. The molecule has 2 fully saturated rings. The molecular weight excluding hydrogens is 330 g/mol. The summed E-state index contributed by atoms with van der Waals surface area (Å²) in [5.41, 5.74) is 0. The minimum absolute atomic E-state index is 0.136. The van der Waals surface area contributed by atoms with Gasteiger partial charge < -0.3 is 19.8 Å². The molecule has 1 amide bonds. The Balaban J connectivity index is 1.41. The van der Waals surface area contributed by atoms with Gasteiger partial charge in [-0.2, -0.15) is 0 Å². The molecule has 0 aliphatic carbocycles. The Morgan fingerprint density at radius 3 is 2.62 bits per heavy atom. The standard InChI is InChI=1S/C17H26ClN3O3/c18-15-11-14(24-20-15)1-2-16(22)21-9-5-13(6-10-21)17(23)12-3-7-19-8-4-12/h11-13,17,19,23H,1-10H2. The number of aromatic nitrogens is 1. The molecule has 6 nitrogen and oxygen atoms in total. The van der Waals surface area contributed by atoms with Crippen molar-refractivity contribution >= 4 is 17.5 Å². The average molecular weight is 356 g/mol. The first-order chi connectivity index (χ1) is 11.6. The van der Waals surface area contributed by atoms with Gasteiger partial charge in [-0.3, -0.25) is 4.79 Å². The van der Waals surface area contributed by atoms with Crippen LogP contribution in [0.25, 0.3) is 0 Å². The number of nitrogens with zero attached hydrogens (tertiary/aromatic N) is 2. The summed E-state index contributed by atoms with van der Waals surface area (Å²) in [7, 11) is 0. The zero-order chi connectivity index (χ0) is 16.9. The minimum Gasteiger partial charge on any atom is -0.393 e. The number of likely N-dealkylation sites (tertiary alicyclic amines) is 1. The second-order valence-corrected chi connectivity index (χ2v) is 7.30. The fourth-order valence-corrected chi connectivity index (χ4v) is 4.01. The molecule has 1 unspecified atom stereocenters. The highest BCUT2D eigenvalue weighted by Gasteiger charge is 2.32. The van der Waals surface area contributed by atoms with Crippen molar-refractivity contribution in [2.75, 3.05) is 26.2 Å². The Hall–Kier alpha value is -1.11. The molecule has 1 aromatic heterocycles. The summed E-state index contributed by atoms with van der Waals surface area (Å²) in [5.74, 6) is 1.52. The Morgan fingerprint density at radius 2 is 2.00 bits per heavy atom. The second-order valence-electron chi connectivity index (χ2n) is 6.91. The number of amides is 1. The molecule has 1 aromatic rings. The summed E-state index contributed by atoms with van der Waals surface area (Å²) in [5, 5.41) is 17.9. The molecule has 3 heterocycles. The molecule has 3 rings (SSSR count). The summed E-state index contributed by atoms with van der Waals surface area (Å²) >= 11 is 5.71. The lowest BCUT2D eigenvalue weighted by molar-refractivity contribution is -0.133. The van der Waals surface area contributed by atoms with Crippen LogP contribution in [0.4, 0.5) is 0 Å². The van der Waals surface area contributed by atoms with Crippen molar-refractivity contribution in [2.45, 2.75) is 44.6 Å². The SMILES string of the molecule is O=C(CCc1cc(Cl)no1)N1CCC(C(O)C2CCNCC2)CC1. The molecule has 2 aliphatic heterocycles. The Bertz CT molecular complexity index is 537. The molecule has 0 saturated carbocycles. The van der Waals surface area contributed by atoms with Gasteiger partial charge in [0, 0.05) is 32.0 Å². The van der Waals surface area contributed by atoms with Gasteiger partial charge in [0.2, 0.25) is 5.91 Å². The van der Waals surface area contributed by atoms with Gasteiger partial charge in [-0.05, 0) is 50.6 Å². The third-order valence-corrected chi connectivity index (χ3v) is 5.54. The van der Waals surface area contributed by atoms with E-state index in [0.29, 0.717) is 35.6 Å². The minimum atomic E-state index is -0.222. The molecular formula is C17H26ClN3O3. The maximum atomic E-state index is 12.3. The zero-order valence-electron chi connectivity index (χ0n) is 13.9. The van der Waals surface area contributed by atoms with Crippen LogP contribution in [0, 0.1) is 11.8 Å². The number of aliphatic hydroxyl groups excluding tert-OH is 1. The van der Waals surface area contributed by atoms with Crippen LogP contribution in [-0.2, 0) is 11.2 Å². The molecule has 2 saturated heterocycles. The second kappa shape index (κ2) is 8.32. The third kappa shape index (κ3) is 4.49. The number of hydrogen-bond acceptors (Lipinski definition) is 5. The van der Waals surface area contributed by atoms with Crippen LogP contribution < -0.4 is 5.32 Å². The summed E-state index contributed by atoms with van der Waals surface area (Å²) in [6.45, 7) is 3.49. The normalized spacial score (nSPS) is 21.8. The largest absolute Gasteiger partial charge is 0.393 e. The van der Waals surface area contributed by atoms with Gasteiger partial charge in [0.15, 0.2) is 5.15 Å². The van der Waals surface area contributed by atoms with Crippen LogP contribution in [0.3, 0.4) is 0 Å². The highest BCUT2D eigenvalue weighted by Crippen LogP contribution is 2.29. The van der Waals surface area contributed by atoms with E-state index in [-0.39, 0.29) is 12.0 Å². The van der Waals surface area contributed by atoms with Crippen LogP contribution in [-0.4, -0.2) is 53.4 Å². The summed E-state index contributed by atoms with van der Waals surface area (Å²) < 4.78 is 5.03. The third-order valence-electron chi connectivity index (χ3n) is 5.36. The van der Waals surface area contributed by atoms with Crippen LogP contribution >= 0.6 is 11.6 Å². The summed E-state index contributed by atoms with van der Waals surface area (Å²) in [6.07, 6.45) is 4.61. The van der Waals surface area contributed by atoms with E-state index in [2.05, 4.69) is 10.5 Å². The molecule has 2 aliphatic rings. The predicted molar refractivity (Wildman–Crippen MR) is 90.7 cm³/mol. The van der Waals surface area contributed by atoms with Crippen LogP contribution in [0.15, 0.2) is 10.6 Å². The van der Waals surface area contributed by atoms with Gasteiger partial charge >= 0.3 is 0 Å². The molecule has 0 radical (unpaired) electrons. The van der Waals surface area contributed by atoms with E-state index in [9.17, 15) is 9.90 Å². The van der Waals surface area contributed by atoms with Crippen LogP contribution in [0.2, 0.25) is 5.15 Å². The highest BCUT2D eigenvalue weighted by atomic mass is 35.5. The quantitative estimate of drug-likeness (QED) is 0.842. The summed E-state index contributed by atoms with van der Waals surface area (Å²) in [6, 6.07) is 1.65. The predicted octanol–water partition coefficient (Wildman–Crippen LogP) is 1.86. The van der Waals surface area contributed by atoms with Gasteiger partial charge in [0.05, 0.1) is 6.10 Å². The fraction of sp³-hybridized carbons (Fsp3) is 0.765. The smallest absolute Gasteiger partial charge is 0.223 e. The first-order valence-electron chi connectivity index (χ1n) is 8.91. The molecule has 134 valence electrons. The van der Waals surface area contributed by atoms with Crippen LogP contribution in [0.5, 0.6) is 0 Å². The van der Waals surface area contributed by atoms with Crippen molar-refractivity contribution in [1.82, 2.24) is 15.4 Å². The maximum absolute atomic E-state index is 12.3. The molecule has 2 N–H and O–H groups in total. The van der Waals surface area contributed by atoms with Gasteiger partial charge in [-0.15, -0.1) is 0 Å². The van der Waals surface area contributed by atoms with E-state index >= 15 is 0 Å². The zero-order valence-corrected chi connectivity index (χ0v) is 14.7. The Morgan fingerprint density at radius 1 is 1.33 bits per heavy atom. The molecule has 7 heteroatoms. The summed E-state index contributed by atoms with van der Waals surface area (Å²) in [4.78, 5) is 14.2. The number of halogens is 1. The number of carbonyl (C=O) groups excluding carboxylic acids is 1. The fourth-order valence-electron chi connectivity index (χ4n) is 3.85. The topological polar surface area (TPSA) is 78.6 Å². The Labute approximate surface area is 147 Å².